The van der Waals surface area contributed by atoms with Gasteiger partial charge in [-0.3, -0.25) is 4.55 Å². The van der Waals surface area contributed by atoms with E-state index >= 15 is 0 Å². The van der Waals surface area contributed by atoms with E-state index in [2.05, 4.69) is 5.32 Å². The van der Waals surface area contributed by atoms with Gasteiger partial charge in [0.25, 0.3) is 10.1 Å². The van der Waals surface area contributed by atoms with Crippen molar-refractivity contribution < 1.29 is 13.0 Å². The van der Waals surface area contributed by atoms with Gasteiger partial charge in [0, 0.05) is 6.54 Å². The highest BCUT2D eigenvalue weighted by Crippen LogP contribution is 2.22. The minimum absolute atomic E-state index is 0.0573. The van der Waals surface area contributed by atoms with Crippen LogP contribution in [0.1, 0.15) is 25.8 Å². The molecule has 4 nitrogen and oxygen atoms in total. The summed E-state index contributed by atoms with van der Waals surface area (Å²) >= 11 is 0. The van der Waals surface area contributed by atoms with Gasteiger partial charge in [0.15, 0.2) is 0 Å². The Morgan fingerprint density at radius 3 is 2.50 bits per heavy atom. The summed E-state index contributed by atoms with van der Waals surface area (Å²) < 4.78 is 31.3. The van der Waals surface area contributed by atoms with Gasteiger partial charge in [-0.15, -0.1) is 0 Å². The van der Waals surface area contributed by atoms with Crippen molar-refractivity contribution in [3.63, 3.8) is 0 Å². The Morgan fingerprint density at radius 1 is 1.31 bits per heavy atom. The Morgan fingerprint density at radius 2 is 2.00 bits per heavy atom. The van der Waals surface area contributed by atoms with E-state index in [0.717, 1.165) is 18.4 Å². The molecule has 0 radical (unpaired) electrons. The van der Waals surface area contributed by atoms with Crippen LogP contribution in [0, 0.1) is 0 Å². The van der Waals surface area contributed by atoms with E-state index in [1.165, 1.54) is 6.07 Å². The lowest BCUT2D eigenvalue weighted by atomic mass is 10.1. The van der Waals surface area contributed by atoms with Gasteiger partial charge >= 0.3 is 0 Å². The average Bonchev–Trinajstić information content (AvgIpc) is 2.24. The van der Waals surface area contributed by atoms with Crippen molar-refractivity contribution in [1.29, 1.82) is 0 Å². The lowest BCUT2D eigenvalue weighted by Gasteiger charge is -2.10. The van der Waals surface area contributed by atoms with Crippen molar-refractivity contribution >= 4 is 15.8 Å². The quantitative estimate of drug-likeness (QED) is 0.779. The van der Waals surface area contributed by atoms with E-state index in [4.69, 9.17) is 4.55 Å². The lowest BCUT2D eigenvalue weighted by Crippen LogP contribution is -2.07. The Hall–Kier alpha value is -1.07. The van der Waals surface area contributed by atoms with Crippen LogP contribution in [0.15, 0.2) is 23.1 Å². The Bertz CT molecular complexity index is 454. The van der Waals surface area contributed by atoms with Gasteiger partial charge in [-0.2, -0.15) is 8.42 Å². The molecule has 90 valence electrons. The third-order valence-electron chi connectivity index (χ3n) is 2.30. The molecule has 2 N–H and O–H groups in total. The molecule has 0 unspecified atom stereocenters. The van der Waals surface area contributed by atoms with Gasteiger partial charge in [0.05, 0.1) is 5.69 Å². The highest BCUT2D eigenvalue weighted by molar-refractivity contribution is 7.86. The van der Waals surface area contributed by atoms with E-state index < -0.39 is 10.1 Å². The summed E-state index contributed by atoms with van der Waals surface area (Å²) in [6.45, 7) is 4.66. The number of rotatable bonds is 5. The van der Waals surface area contributed by atoms with E-state index in [-0.39, 0.29) is 4.90 Å². The van der Waals surface area contributed by atoms with Crippen LogP contribution >= 0.6 is 0 Å². The van der Waals surface area contributed by atoms with Crippen LogP contribution in [-0.2, 0) is 16.5 Å². The van der Waals surface area contributed by atoms with E-state index in [1.54, 1.807) is 12.1 Å². The summed E-state index contributed by atoms with van der Waals surface area (Å²) in [5, 5.41) is 3.01. The largest absolute Gasteiger partial charge is 0.384 e. The van der Waals surface area contributed by atoms with Crippen LogP contribution in [0.5, 0.6) is 0 Å². The third kappa shape index (κ3) is 3.21. The fraction of sp³-hybridized carbons (Fsp3) is 0.455. The summed E-state index contributed by atoms with van der Waals surface area (Å²) in [6, 6.07) is 4.91. The van der Waals surface area contributed by atoms with E-state index in [0.29, 0.717) is 12.2 Å². The second-order valence-electron chi connectivity index (χ2n) is 3.59. The standard InChI is InChI=1S/C11H17NO3S/c1-3-7-12-10-8-9(4-2)5-6-11(10)16(13,14)15/h5-6,8,12H,3-4,7H2,1-2H3,(H,13,14,15). The molecule has 0 aromatic heterocycles. The van der Waals surface area contributed by atoms with Gasteiger partial charge in [0.2, 0.25) is 0 Å². The summed E-state index contributed by atoms with van der Waals surface area (Å²) in [6.07, 6.45) is 1.72. The number of benzene rings is 1. The molecule has 0 aliphatic heterocycles. The maximum absolute atomic E-state index is 11.1. The first-order valence-electron chi connectivity index (χ1n) is 5.33. The van der Waals surface area contributed by atoms with Crippen molar-refractivity contribution in [3.8, 4) is 0 Å². The van der Waals surface area contributed by atoms with Crippen LogP contribution in [0.3, 0.4) is 0 Å². The predicted molar refractivity (Wildman–Crippen MR) is 64.4 cm³/mol. The predicted octanol–water partition coefficient (Wildman–Crippen LogP) is 2.32. The molecule has 16 heavy (non-hydrogen) atoms. The molecule has 0 spiro atoms. The van der Waals surface area contributed by atoms with E-state index in [9.17, 15) is 8.42 Å². The molecule has 0 saturated heterocycles. The van der Waals surface area contributed by atoms with Crippen molar-refractivity contribution in [2.45, 2.75) is 31.6 Å². The number of hydrogen-bond donors (Lipinski definition) is 2. The molecule has 0 saturated carbocycles. The third-order valence-corrected chi connectivity index (χ3v) is 3.21. The zero-order chi connectivity index (χ0) is 12.2. The Labute approximate surface area is 96.4 Å². The molecule has 1 aromatic rings. The van der Waals surface area contributed by atoms with Crippen LogP contribution < -0.4 is 5.32 Å². The Balaban J connectivity index is 3.16. The number of hydrogen-bond acceptors (Lipinski definition) is 3. The summed E-state index contributed by atoms with van der Waals surface area (Å²) in [7, 11) is -4.15. The zero-order valence-corrected chi connectivity index (χ0v) is 10.3. The van der Waals surface area contributed by atoms with Crippen LogP contribution in [0.2, 0.25) is 0 Å². The topological polar surface area (TPSA) is 66.4 Å². The van der Waals surface area contributed by atoms with Crippen molar-refractivity contribution in [2.75, 3.05) is 11.9 Å². The van der Waals surface area contributed by atoms with Gasteiger partial charge in [-0.05, 0) is 30.5 Å². The van der Waals surface area contributed by atoms with Crippen LogP contribution in [-0.4, -0.2) is 19.5 Å². The lowest BCUT2D eigenvalue weighted by molar-refractivity contribution is 0.483. The van der Waals surface area contributed by atoms with Gasteiger partial charge in [0.1, 0.15) is 4.90 Å². The first-order valence-corrected chi connectivity index (χ1v) is 6.77. The van der Waals surface area contributed by atoms with E-state index in [1.807, 2.05) is 13.8 Å². The molecule has 0 aliphatic carbocycles. The second-order valence-corrected chi connectivity index (χ2v) is 4.98. The molecule has 0 fully saturated rings. The maximum atomic E-state index is 11.1. The number of anilines is 1. The highest BCUT2D eigenvalue weighted by Gasteiger charge is 2.15. The first-order chi connectivity index (χ1) is 7.49. The summed E-state index contributed by atoms with van der Waals surface area (Å²) in [5.74, 6) is 0. The molecule has 1 rings (SSSR count). The monoisotopic (exact) mass is 243 g/mol. The number of nitrogens with one attached hydrogen (secondary N) is 1. The van der Waals surface area contributed by atoms with Crippen LogP contribution in [0.25, 0.3) is 0 Å². The van der Waals surface area contributed by atoms with Crippen molar-refractivity contribution in [3.05, 3.63) is 23.8 Å². The SMILES string of the molecule is CCCNc1cc(CC)ccc1S(=O)(=O)O. The molecule has 0 atom stereocenters. The minimum atomic E-state index is -4.15. The van der Waals surface area contributed by atoms with Gasteiger partial charge in [-0.25, -0.2) is 0 Å². The molecular weight excluding hydrogens is 226 g/mol. The molecule has 0 heterocycles. The molecule has 0 aliphatic rings. The molecule has 5 heteroatoms. The minimum Gasteiger partial charge on any atom is -0.384 e. The zero-order valence-electron chi connectivity index (χ0n) is 9.53. The van der Waals surface area contributed by atoms with Crippen molar-refractivity contribution in [1.82, 2.24) is 0 Å². The molecule has 1 aromatic carbocycles. The van der Waals surface area contributed by atoms with Crippen LogP contribution in [0.4, 0.5) is 5.69 Å². The average molecular weight is 243 g/mol. The fourth-order valence-electron chi connectivity index (χ4n) is 1.42. The molecule has 0 bridgehead atoms. The van der Waals surface area contributed by atoms with Crippen molar-refractivity contribution in [2.24, 2.45) is 0 Å². The number of aryl methyl sites for hydroxylation is 1. The first kappa shape index (κ1) is 13.0. The fourth-order valence-corrected chi connectivity index (χ4v) is 2.07. The maximum Gasteiger partial charge on any atom is 0.296 e. The van der Waals surface area contributed by atoms with Gasteiger partial charge < -0.3 is 5.32 Å². The summed E-state index contributed by atoms with van der Waals surface area (Å²) in [5.41, 5.74) is 1.51. The van der Waals surface area contributed by atoms with Gasteiger partial charge in [-0.1, -0.05) is 19.9 Å². The summed E-state index contributed by atoms with van der Waals surface area (Å²) in [4.78, 5) is -0.0573. The molecule has 0 amide bonds. The second kappa shape index (κ2) is 5.32. The highest BCUT2D eigenvalue weighted by atomic mass is 32.2. The molecular formula is C11H17NO3S. The normalized spacial score (nSPS) is 11.4. The smallest absolute Gasteiger partial charge is 0.296 e. The Kier molecular flexibility index (Phi) is 4.32.